The minimum absolute atomic E-state index is 0.116. The Labute approximate surface area is 106 Å². The highest BCUT2D eigenvalue weighted by molar-refractivity contribution is 6.31. The number of rotatable bonds is 5. The van der Waals surface area contributed by atoms with Crippen LogP contribution in [0.5, 0.6) is 0 Å². The second kappa shape index (κ2) is 5.41. The topological polar surface area (TPSA) is 55.1 Å². The number of carbonyl (C=O) groups excluding carboxylic acids is 1. The lowest BCUT2D eigenvalue weighted by atomic mass is 10.1. The van der Waals surface area contributed by atoms with Crippen molar-refractivity contribution < 1.29 is 4.79 Å². The first kappa shape index (κ1) is 12.2. The van der Waals surface area contributed by atoms with E-state index in [4.69, 9.17) is 17.3 Å². The number of hydrogen-bond donors (Lipinski definition) is 2. The standard InChI is InChI=1S/C13H17ClN2O/c14-10-5-6-11(12(15)8-10)13(17)16-7-1-2-9-3-4-9/h5-6,8-9H,1-4,7,15H2,(H,16,17). The van der Waals surface area contributed by atoms with Crippen molar-refractivity contribution in [1.82, 2.24) is 5.32 Å². The highest BCUT2D eigenvalue weighted by Gasteiger charge is 2.20. The van der Waals surface area contributed by atoms with Crippen LogP contribution in [0, 0.1) is 5.92 Å². The molecule has 1 fully saturated rings. The molecule has 0 radical (unpaired) electrons. The fourth-order valence-corrected chi connectivity index (χ4v) is 2.02. The van der Waals surface area contributed by atoms with Crippen LogP contribution in [0.1, 0.15) is 36.0 Å². The van der Waals surface area contributed by atoms with Gasteiger partial charge in [-0.15, -0.1) is 0 Å². The SMILES string of the molecule is Nc1cc(Cl)ccc1C(=O)NCCCC1CC1. The summed E-state index contributed by atoms with van der Waals surface area (Å²) in [5.74, 6) is 0.794. The number of benzene rings is 1. The fourth-order valence-electron chi connectivity index (χ4n) is 1.83. The molecule has 0 aromatic heterocycles. The highest BCUT2D eigenvalue weighted by Crippen LogP contribution is 2.33. The van der Waals surface area contributed by atoms with Crippen LogP contribution in [-0.4, -0.2) is 12.5 Å². The number of anilines is 1. The van der Waals surface area contributed by atoms with Crippen molar-refractivity contribution in [1.29, 1.82) is 0 Å². The molecule has 0 bridgehead atoms. The maximum Gasteiger partial charge on any atom is 0.253 e. The van der Waals surface area contributed by atoms with Crippen molar-refractivity contribution in [3.63, 3.8) is 0 Å². The van der Waals surface area contributed by atoms with E-state index < -0.39 is 0 Å². The van der Waals surface area contributed by atoms with Gasteiger partial charge >= 0.3 is 0 Å². The molecule has 17 heavy (non-hydrogen) atoms. The fraction of sp³-hybridized carbons (Fsp3) is 0.462. The third-order valence-corrected chi connectivity index (χ3v) is 3.26. The zero-order valence-corrected chi connectivity index (χ0v) is 10.5. The summed E-state index contributed by atoms with van der Waals surface area (Å²) in [6, 6.07) is 4.94. The molecule has 3 N–H and O–H groups in total. The maximum atomic E-state index is 11.8. The Morgan fingerprint density at radius 1 is 1.47 bits per heavy atom. The highest BCUT2D eigenvalue weighted by atomic mass is 35.5. The molecule has 92 valence electrons. The molecule has 1 aromatic rings. The van der Waals surface area contributed by atoms with Crippen LogP contribution >= 0.6 is 11.6 Å². The van der Waals surface area contributed by atoms with Gasteiger partial charge in [-0.05, 0) is 37.0 Å². The van der Waals surface area contributed by atoms with Crippen molar-refractivity contribution in [3.8, 4) is 0 Å². The van der Waals surface area contributed by atoms with Crippen LogP contribution in [0.25, 0.3) is 0 Å². The van der Waals surface area contributed by atoms with Gasteiger partial charge in [0.05, 0.1) is 5.56 Å². The molecular weight excluding hydrogens is 236 g/mol. The summed E-state index contributed by atoms with van der Waals surface area (Å²) in [4.78, 5) is 11.8. The van der Waals surface area contributed by atoms with E-state index in [1.165, 1.54) is 19.3 Å². The van der Waals surface area contributed by atoms with Gasteiger partial charge in [-0.25, -0.2) is 0 Å². The van der Waals surface area contributed by atoms with E-state index in [0.717, 1.165) is 18.9 Å². The van der Waals surface area contributed by atoms with Crippen molar-refractivity contribution >= 4 is 23.2 Å². The summed E-state index contributed by atoms with van der Waals surface area (Å²) in [6.45, 7) is 0.720. The van der Waals surface area contributed by atoms with Crippen LogP contribution in [0.3, 0.4) is 0 Å². The summed E-state index contributed by atoms with van der Waals surface area (Å²) in [5.41, 5.74) is 6.67. The summed E-state index contributed by atoms with van der Waals surface area (Å²) in [5, 5.41) is 3.43. The third kappa shape index (κ3) is 3.63. The van der Waals surface area contributed by atoms with Gasteiger partial charge < -0.3 is 11.1 Å². The van der Waals surface area contributed by atoms with Crippen LogP contribution in [-0.2, 0) is 0 Å². The van der Waals surface area contributed by atoms with E-state index >= 15 is 0 Å². The lowest BCUT2D eigenvalue weighted by Gasteiger charge is -2.07. The Kier molecular flexibility index (Phi) is 3.89. The van der Waals surface area contributed by atoms with Crippen LogP contribution in [0.4, 0.5) is 5.69 Å². The van der Waals surface area contributed by atoms with Crippen LogP contribution in [0.15, 0.2) is 18.2 Å². The van der Waals surface area contributed by atoms with Crippen LogP contribution < -0.4 is 11.1 Å². The Bertz CT molecular complexity index is 416. The molecule has 0 aliphatic heterocycles. The van der Waals surface area contributed by atoms with E-state index in [1.807, 2.05) is 0 Å². The average Bonchev–Trinajstić information content (AvgIpc) is 3.08. The molecule has 1 aliphatic rings. The number of hydrogen-bond acceptors (Lipinski definition) is 2. The number of amides is 1. The van der Waals surface area contributed by atoms with E-state index in [2.05, 4.69) is 5.32 Å². The Morgan fingerprint density at radius 3 is 2.88 bits per heavy atom. The second-order valence-electron chi connectivity index (χ2n) is 4.57. The molecule has 2 rings (SSSR count). The second-order valence-corrected chi connectivity index (χ2v) is 5.01. The summed E-state index contributed by atoms with van der Waals surface area (Å²) >= 11 is 5.78. The predicted octanol–water partition coefficient (Wildman–Crippen LogP) is 2.84. The van der Waals surface area contributed by atoms with Crippen molar-refractivity contribution in [3.05, 3.63) is 28.8 Å². The van der Waals surface area contributed by atoms with Gasteiger partial charge in [0.1, 0.15) is 0 Å². The quantitative estimate of drug-likeness (QED) is 0.625. The number of nitrogens with two attached hydrogens (primary N) is 1. The molecule has 0 spiro atoms. The molecule has 0 saturated heterocycles. The average molecular weight is 253 g/mol. The van der Waals surface area contributed by atoms with Gasteiger partial charge in [-0.3, -0.25) is 4.79 Å². The predicted molar refractivity (Wildman–Crippen MR) is 70.2 cm³/mol. The first-order chi connectivity index (χ1) is 8.16. The summed E-state index contributed by atoms with van der Waals surface area (Å²) in [7, 11) is 0. The first-order valence-corrected chi connectivity index (χ1v) is 6.38. The number of carbonyl (C=O) groups is 1. The van der Waals surface area contributed by atoms with E-state index in [0.29, 0.717) is 16.3 Å². The normalized spacial score (nSPS) is 14.6. The number of nitrogens with one attached hydrogen (secondary N) is 1. The molecule has 0 heterocycles. The minimum atomic E-state index is -0.116. The largest absolute Gasteiger partial charge is 0.398 e. The lowest BCUT2D eigenvalue weighted by molar-refractivity contribution is 0.0953. The zero-order valence-electron chi connectivity index (χ0n) is 9.71. The van der Waals surface area contributed by atoms with E-state index in [9.17, 15) is 4.79 Å². The molecular formula is C13H17ClN2O. The molecule has 1 aliphatic carbocycles. The van der Waals surface area contributed by atoms with Gasteiger partial charge in [0.2, 0.25) is 0 Å². The zero-order chi connectivity index (χ0) is 12.3. The maximum absolute atomic E-state index is 11.8. The summed E-state index contributed by atoms with van der Waals surface area (Å²) in [6.07, 6.45) is 4.98. The smallest absolute Gasteiger partial charge is 0.253 e. The van der Waals surface area contributed by atoms with Gasteiger partial charge in [-0.2, -0.15) is 0 Å². The molecule has 1 amide bonds. The number of halogens is 1. The minimum Gasteiger partial charge on any atom is -0.398 e. The lowest BCUT2D eigenvalue weighted by Crippen LogP contribution is -2.25. The monoisotopic (exact) mass is 252 g/mol. The molecule has 0 unspecified atom stereocenters. The summed E-state index contributed by atoms with van der Waals surface area (Å²) < 4.78 is 0. The van der Waals surface area contributed by atoms with Crippen molar-refractivity contribution in [2.24, 2.45) is 5.92 Å². The number of nitrogen functional groups attached to an aromatic ring is 1. The van der Waals surface area contributed by atoms with Crippen molar-refractivity contribution in [2.75, 3.05) is 12.3 Å². The van der Waals surface area contributed by atoms with Crippen LogP contribution in [0.2, 0.25) is 5.02 Å². The molecule has 1 aromatic carbocycles. The van der Waals surface area contributed by atoms with E-state index in [-0.39, 0.29) is 5.91 Å². The van der Waals surface area contributed by atoms with Crippen molar-refractivity contribution in [2.45, 2.75) is 25.7 Å². The van der Waals surface area contributed by atoms with E-state index in [1.54, 1.807) is 18.2 Å². The molecule has 4 heteroatoms. The third-order valence-electron chi connectivity index (χ3n) is 3.03. The first-order valence-electron chi connectivity index (χ1n) is 6.00. The van der Waals surface area contributed by atoms with Gasteiger partial charge in [0.15, 0.2) is 0 Å². The van der Waals surface area contributed by atoms with Gasteiger partial charge in [-0.1, -0.05) is 24.4 Å². The van der Waals surface area contributed by atoms with Gasteiger partial charge in [0, 0.05) is 17.3 Å². The molecule has 3 nitrogen and oxygen atoms in total. The van der Waals surface area contributed by atoms with Gasteiger partial charge in [0.25, 0.3) is 5.91 Å². The Hall–Kier alpha value is -1.22. The Morgan fingerprint density at radius 2 is 2.24 bits per heavy atom. The molecule has 0 atom stereocenters. The Balaban J connectivity index is 1.81. The molecule has 1 saturated carbocycles.